The molecule has 2 heterocycles. The minimum Gasteiger partial charge on any atom is -0.370 e. The summed E-state index contributed by atoms with van der Waals surface area (Å²) < 4.78 is 1.76. The van der Waals surface area contributed by atoms with Gasteiger partial charge >= 0.3 is 0 Å². The third kappa shape index (κ3) is 2.34. The maximum Gasteiger partial charge on any atom is 0.182 e. The topological polar surface area (TPSA) is 55.6 Å². The van der Waals surface area contributed by atoms with Crippen LogP contribution in [0.25, 0.3) is 11.5 Å². The van der Waals surface area contributed by atoms with Gasteiger partial charge in [0.1, 0.15) is 11.5 Å². The van der Waals surface area contributed by atoms with Crippen molar-refractivity contribution < 1.29 is 0 Å². The fraction of sp³-hybridized carbons (Fsp3) is 0.462. The molecule has 2 aromatic rings. The molecule has 0 saturated heterocycles. The van der Waals surface area contributed by atoms with E-state index in [0.717, 1.165) is 35.7 Å². The Labute approximate surface area is 107 Å². The molecule has 0 bridgehead atoms. The van der Waals surface area contributed by atoms with Crippen LogP contribution in [0.5, 0.6) is 0 Å². The summed E-state index contributed by atoms with van der Waals surface area (Å²) in [6.07, 6.45) is 2.80. The van der Waals surface area contributed by atoms with E-state index in [1.54, 1.807) is 4.68 Å². The Morgan fingerprint density at radius 1 is 1.28 bits per heavy atom. The molecule has 2 aromatic heterocycles. The van der Waals surface area contributed by atoms with Crippen molar-refractivity contribution in [2.45, 2.75) is 27.2 Å². The SMILES string of the molecule is CCNc1nc(-c2ccn(C)n2)nc(CC)c1C. The fourth-order valence-electron chi connectivity index (χ4n) is 1.90. The van der Waals surface area contributed by atoms with Crippen molar-refractivity contribution in [2.75, 3.05) is 11.9 Å². The second-order valence-electron chi connectivity index (χ2n) is 4.23. The van der Waals surface area contributed by atoms with Crippen molar-refractivity contribution in [3.8, 4) is 11.5 Å². The summed E-state index contributed by atoms with van der Waals surface area (Å²) in [5.41, 5.74) is 3.01. The van der Waals surface area contributed by atoms with Crippen LogP contribution in [0.1, 0.15) is 25.1 Å². The summed E-state index contributed by atoms with van der Waals surface area (Å²) in [5, 5.41) is 7.63. The van der Waals surface area contributed by atoms with E-state index in [-0.39, 0.29) is 0 Å². The maximum atomic E-state index is 4.59. The summed E-state index contributed by atoms with van der Waals surface area (Å²) in [5.74, 6) is 1.60. The van der Waals surface area contributed by atoms with Crippen molar-refractivity contribution in [1.82, 2.24) is 19.7 Å². The van der Waals surface area contributed by atoms with Gasteiger partial charge in [0.15, 0.2) is 5.82 Å². The van der Waals surface area contributed by atoms with E-state index in [1.165, 1.54) is 0 Å². The van der Waals surface area contributed by atoms with E-state index in [2.05, 4.69) is 41.2 Å². The number of hydrogen-bond donors (Lipinski definition) is 1. The molecule has 1 N–H and O–H groups in total. The number of nitrogens with one attached hydrogen (secondary N) is 1. The minimum atomic E-state index is 0.689. The third-order valence-electron chi connectivity index (χ3n) is 2.87. The average molecular weight is 245 g/mol. The lowest BCUT2D eigenvalue weighted by Crippen LogP contribution is -2.07. The van der Waals surface area contributed by atoms with Crippen molar-refractivity contribution in [3.05, 3.63) is 23.5 Å². The molecule has 0 aliphatic heterocycles. The van der Waals surface area contributed by atoms with Crippen molar-refractivity contribution in [3.63, 3.8) is 0 Å². The zero-order chi connectivity index (χ0) is 13.1. The van der Waals surface area contributed by atoms with Crippen LogP contribution in [0.2, 0.25) is 0 Å². The van der Waals surface area contributed by atoms with Crippen LogP contribution in [0.3, 0.4) is 0 Å². The van der Waals surface area contributed by atoms with E-state index in [1.807, 2.05) is 19.3 Å². The predicted molar refractivity (Wildman–Crippen MR) is 72.5 cm³/mol. The predicted octanol–water partition coefficient (Wildman–Crippen LogP) is 2.18. The zero-order valence-corrected chi connectivity index (χ0v) is 11.4. The number of anilines is 1. The van der Waals surface area contributed by atoms with Gasteiger partial charge in [-0.3, -0.25) is 4.68 Å². The normalized spacial score (nSPS) is 10.7. The molecule has 0 atom stereocenters. The molecule has 0 radical (unpaired) electrons. The molecular weight excluding hydrogens is 226 g/mol. The second-order valence-corrected chi connectivity index (χ2v) is 4.23. The summed E-state index contributed by atoms with van der Waals surface area (Å²) in [4.78, 5) is 9.15. The molecule has 2 rings (SSSR count). The number of hydrogen-bond acceptors (Lipinski definition) is 4. The molecule has 0 aliphatic rings. The first-order valence-corrected chi connectivity index (χ1v) is 6.27. The Morgan fingerprint density at radius 2 is 2.06 bits per heavy atom. The van der Waals surface area contributed by atoms with Crippen LogP contribution in [0, 0.1) is 6.92 Å². The smallest absolute Gasteiger partial charge is 0.182 e. The van der Waals surface area contributed by atoms with E-state index >= 15 is 0 Å². The second kappa shape index (κ2) is 5.16. The molecule has 0 spiro atoms. The van der Waals surface area contributed by atoms with Gasteiger partial charge in [-0.1, -0.05) is 6.92 Å². The van der Waals surface area contributed by atoms with E-state index in [0.29, 0.717) is 5.82 Å². The molecule has 96 valence electrons. The summed E-state index contributed by atoms with van der Waals surface area (Å²) in [7, 11) is 1.89. The molecule has 18 heavy (non-hydrogen) atoms. The van der Waals surface area contributed by atoms with Crippen molar-refractivity contribution in [1.29, 1.82) is 0 Å². The van der Waals surface area contributed by atoms with Gasteiger partial charge in [0.2, 0.25) is 0 Å². The molecule has 5 heteroatoms. The molecule has 0 saturated carbocycles. The average Bonchev–Trinajstić information content (AvgIpc) is 2.79. The maximum absolute atomic E-state index is 4.59. The molecule has 0 aliphatic carbocycles. The standard InChI is InChI=1S/C13H19N5/c1-5-10-9(3)12(14-6-2)16-13(15-10)11-7-8-18(4)17-11/h7-8H,5-6H2,1-4H3,(H,14,15,16). The monoisotopic (exact) mass is 245 g/mol. The first kappa shape index (κ1) is 12.5. The number of nitrogens with zero attached hydrogens (tertiary/aromatic N) is 4. The number of aryl methyl sites for hydroxylation is 2. The van der Waals surface area contributed by atoms with Crippen LogP contribution < -0.4 is 5.32 Å². The van der Waals surface area contributed by atoms with Crippen LogP contribution in [-0.4, -0.2) is 26.3 Å². The lowest BCUT2D eigenvalue weighted by Gasteiger charge is -2.11. The van der Waals surface area contributed by atoms with Crippen LogP contribution in [-0.2, 0) is 13.5 Å². The van der Waals surface area contributed by atoms with Crippen molar-refractivity contribution in [2.24, 2.45) is 7.05 Å². The summed E-state index contributed by atoms with van der Waals surface area (Å²) >= 11 is 0. The largest absolute Gasteiger partial charge is 0.370 e. The molecule has 0 fully saturated rings. The third-order valence-corrected chi connectivity index (χ3v) is 2.87. The van der Waals surface area contributed by atoms with E-state index < -0.39 is 0 Å². The van der Waals surface area contributed by atoms with Gasteiger partial charge in [-0.2, -0.15) is 5.10 Å². The Morgan fingerprint density at radius 3 is 2.61 bits per heavy atom. The Balaban J connectivity index is 2.51. The Kier molecular flexibility index (Phi) is 3.60. The van der Waals surface area contributed by atoms with Gasteiger partial charge in [0, 0.05) is 31.0 Å². The molecular formula is C13H19N5. The fourth-order valence-corrected chi connectivity index (χ4v) is 1.90. The summed E-state index contributed by atoms with van der Waals surface area (Å²) in [6.45, 7) is 7.07. The van der Waals surface area contributed by atoms with Gasteiger partial charge in [-0.15, -0.1) is 0 Å². The highest BCUT2D eigenvalue weighted by Crippen LogP contribution is 2.21. The Hall–Kier alpha value is -1.91. The lowest BCUT2D eigenvalue weighted by molar-refractivity contribution is 0.768. The van der Waals surface area contributed by atoms with Crippen molar-refractivity contribution >= 4 is 5.82 Å². The van der Waals surface area contributed by atoms with Gasteiger partial charge in [-0.05, 0) is 26.3 Å². The molecule has 5 nitrogen and oxygen atoms in total. The Bertz CT molecular complexity index is 544. The highest BCUT2D eigenvalue weighted by molar-refractivity contribution is 5.56. The van der Waals surface area contributed by atoms with Gasteiger partial charge in [-0.25, -0.2) is 9.97 Å². The molecule has 0 unspecified atom stereocenters. The van der Waals surface area contributed by atoms with Gasteiger partial charge in [0.25, 0.3) is 0 Å². The van der Waals surface area contributed by atoms with E-state index in [9.17, 15) is 0 Å². The van der Waals surface area contributed by atoms with Crippen LogP contribution in [0.4, 0.5) is 5.82 Å². The van der Waals surface area contributed by atoms with Gasteiger partial charge < -0.3 is 5.32 Å². The quantitative estimate of drug-likeness (QED) is 0.897. The van der Waals surface area contributed by atoms with E-state index in [4.69, 9.17) is 0 Å². The highest BCUT2D eigenvalue weighted by atomic mass is 15.3. The first-order valence-electron chi connectivity index (χ1n) is 6.27. The molecule has 0 aromatic carbocycles. The lowest BCUT2D eigenvalue weighted by atomic mass is 10.2. The summed E-state index contributed by atoms with van der Waals surface area (Å²) in [6, 6.07) is 1.93. The highest BCUT2D eigenvalue weighted by Gasteiger charge is 2.12. The van der Waals surface area contributed by atoms with Crippen LogP contribution >= 0.6 is 0 Å². The number of rotatable bonds is 4. The zero-order valence-electron chi connectivity index (χ0n) is 11.4. The van der Waals surface area contributed by atoms with Crippen LogP contribution in [0.15, 0.2) is 12.3 Å². The number of aromatic nitrogens is 4. The van der Waals surface area contributed by atoms with Gasteiger partial charge in [0.05, 0.1) is 0 Å². The molecule has 0 amide bonds. The first-order chi connectivity index (χ1) is 8.65. The minimum absolute atomic E-state index is 0.689.